The Bertz CT molecular complexity index is 1320. The average Bonchev–Trinajstić information content (AvgIpc) is 3.17. The molecular formula is C22H15BrN4O2S. The van der Waals surface area contributed by atoms with Crippen LogP contribution in [-0.4, -0.2) is 15.5 Å². The molecule has 0 fully saturated rings. The first-order chi connectivity index (χ1) is 14.5. The van der Waals surface area contributed by atoms with Crippen molar-refractivity contribution in [3.63, 3.8) is 0 Å². The van der Waals surface area contributed by atoms with E-state index >= 15 is 0 Å². The Morgan fingerprint density at radius 2 is 1.90 bits per heavy atom. The zero-order chi connectivity index (χ0) is 21.1. The van der Waals surface area contributed by atoms with E-state index in [1.54, 1.807) is 24.3 Å². The van der Waals surface area contributed by atoms with Gasteiger partial charge < -0.3 is 5.32 Å². The maximum Gasteiger partial charge on any atom is 0.263 e. The topological polar surface area (TPSA) is 87.8 Å². The van der Waals surface area contributed by atoms with Crippen LogP contribution in [0, 0.1) is 11.3 Å². The number of anilines is 1. The molecule has 0 saturated carbocycles. The van der Waals surface area contributed by atoms with Gasteiger partial charge in [-0.05, 0) is 35.4 Å². The van der Waals surface area contributed by atoms with Gasteiger partial charge in [0, 0.05) is 21.1 Å². The number of nitrogens with zero attached hydrogens (tertiary/aromatic N) is 3. The lowest BCUT2D eigenvalue weighted by Gasteiger charge is -2.08. The second-order valence-corrected chi connectivity index (χ2v) is 8.37. The number of nitriles is 1. The molecule has 0 saturated heterocycles. The van der Waals surface area contributed by atoms with Crippen LogP contribution in [0.15, 0.2) is 69.5 Å². The molecular weight excluding hydrogens is 464 g/mol. The van der Waals surface area contributed by atoms with Crippen molar-refractivity contribution in [3.05, 3.63) is 80.6 Å². The third-order valence-corrected chi connectivity index (χ3v) is 5.97. The zero-order valence-electron chi connectivity index (χ0n) is 15.6. The molecule has 1 N–H and O–H groups in total. The largest absolute Gasteiger partial charge is 0.325 e. The fourth-order valence-corrected chi connectivity index (χ4v) is 4.25. The minimum atomic E-state index is -0.327. The van der Waals surface area contributed by atoms with Crippen molar-refractivity contribution in [2.24, 2.45) is 0 Å². The van der Waals surface area contributed by atoms with Crippen molar-refractivity contribution >= 4 is 49.1 Å². The first kappa shape index (κ1) is 20.0. The lowest BCUT2D eigenvalue weighted by Crippen LogP contribution is -2.27. The van der Waals surface area contributed by atoms with Crippen LogP contribution in [0.3, 0.4) is 0 Å². The van der Waals surface area contributed by atoms with Crippen LogP contribution in [0.2, 0.25) is 0 Å². The molecule has 0 bridgehead atoms. The predicted octanol–water partition coefficient (Wildman–Crippen LogP) is 4.59. The molecule has 4 aromatic rings. The lowest BCUT2D eigenvalue weighted by atomic mass is 10.1. The molecule has 0 unspecified atom stereocenters. The summed E-state index contributed by atoms with van der Waals surface area (Å²) in [4.78, 5) is 30.5. The Balaban J connectivity index is 1.58. The number of carbonyl (C=O) groups excluding carboxylic acids is 1. The van der Waals surface area contributed by atoms with E-state index < -0.39 is 0 Å². The molecule has 30 heavy (non-hydrogen) atoms. The number of hydrogen-bond donors (Lipinski definition) is 1. The maximum atomic E-state index is 13.1. The van der Waals surface area contributed by atoms with Crippen molar-refractivity contribution in [1.82, 2.24) is 9.55 Å². The van der Waals surface area contributed by atoms with Gasteiger partial charge in [-0.15, -0.1) is 11.3 Å². The molecule has 0 spiro atoms. The second kappa shape index (κ2) is 8.61. The average molecular weight is 479 g/mol. The van der Waals surface area contributed by atoms with Crippen molar-refractivity contribution in [2.75, 3.05) is 5.32 Å². The number of thiophene rings is 1. The first-order valence-corrected chi connectivity index (χ1v) is 10.7. The summed E-state index contributed by atoms with van der Waals surface area (Å²) >= 11 is 4.82. The van der Waals surface area contributed by atoms with E-state index in [2.05, 4.69) is 32.3 Å². The summed E-state index contributed by atoms with van der Waals surface area (Å²) in [6, 6.07) is 16.8. The fraction of sp³-hybridized carbons (Fsp3) is 0.0909. The van der Waals surface area contributed by atoms with Gasteiger partial charge in [0.25, 0.3) is 5.56 Å². The number of fused-ring (bicyclic) bond motifs is 1. The number of benzene rings is 2. The molecule has 0 aliphatic carbocycles. The smallest absolute Gasteiger partial charge is 0.263 e. The highest BCUT2D eigenvalue weighted by molar-refractivity contribution is 9.10. The van der Waals surface area contributed by atoms with Gasteiger partial charge in [0.1, 0.15) is 11.4 Å². The molecule has 0 radical (unpaired) electrons. The van der Waals surface area contributed by atoms with E-state index in [4.69, 9.17) is 5.26 Å². The van der Waals surface area contributed by atoms with Crippen LogP contribution in [0.25, 0.3) is 21.3 Å². The normalized spacial score (nSPS) is 10.7. The highest BCUT2D eigenvalue weighted by atomic mass is 79.9. The van der Waals surface area contributed by atoms with E-state index in [9.17, 15) is 9.59 Å². The van der Waals surface area contributed by atoms with Gasteiger partial charge >= 0.3 is 0 Å². The minimum Gasteiger partial charge on any atom is -0.325 e. The van der Waals surface area contributed by atoms with Crippen molar-refractivity contribution in [2.45, 2.75) is 13.0 Å². The molecule has 1 amide bonds. The Hall–Kier alpha value is -3.28. The molecule has 2 heterocycles. The summed E-state index contributed by atoms with van der Waals surface area (Å²) < 4.78 is 2.27. The zero-order valence-corrected chi connectivity index (χ0v) is 18.0. The van der Waals surface area contributed by atoms with Gasteiger partial charge in [-0.1, -0.05) is 40.2 Å². The van der Waals surface area contributed by atoms with Gasteiger partial charge in [0.05, 0.1) is 24.2 Å². The standard InChI is InChI=1S/C22H15BrN4O2S/c23-16-5-3-15(4-6-16)18-12-30-21-20(18)22(29)27(13-25-21)11-19(28)26-17-7-1-14(2-8-17)9-10-24/h1-8,12-13H,9,11H2,(H,26,28). The molecule has 0 aliphatic rings. The fourth-order valence-electron chi connectivity index (χ4n) is 3.07. The van der Waals surface area contributed by atoms with Gasteiger partial charge in [0.2, 0.25) is 5.91 Å². The first-order valence-electron chi connectivity index (χ1n) is 9.03. The Labute approximate surface area is 184 Å². The summed E-state index contributed by atoms with van der Waals surface area (Å²) in [5.74, 6) is -0.327. The molecule has 8 heteroatoms. The van der Waals surface area contributed by atoms with Crippen molar-refractivity contribution in [3.8, 4) is 17.2 Å². The third kappa shape index (κ3) is 4.17. The molecule has 2 aromatic carbocycles. The molecule has 6 nitrogen and oxygen atoms in total. The maximum absolute atomic E-state index is 13.1. The van der Waals surface area contributed by atoms with Gasteiger partial charge in [-0.2, -0.15) is 5.26 Å². The number of rotatable bonds is 5. The number of amides is 1. The van der Waals surface area contributed by atoms with Crippen LogP contribution in [0.5, 0.6) is 0 Å². The molecule has 0 aliphatic heterocycles. The molecule has 2 aromatic heterocycles. The highest BCUT2D eigenvalue weighted by Crippen LogP contribution is 2.31. The summed E-state index contributed by atoms with van der Waals surface area (Å²) in [7, 11) is 0. The van der Waals surface area contributed by atoms with Crippen molar-refractivity contribution in [1.29, 1.82) is 5.26 Å². The minimum absolute atomic E-state index is 0.142. The van der Waals surface area contributed by atoms with Crippen molar-refractivity contribution < 1.29 is 4.79 Å². The SMILES string of the molecule is N#CCc1ccc(NC(=O)Cn2cnc3scc(-c4ccc(Br)cc4)c3c2=O)cc1. The van der Waals surface area contributed by atoms with E-state index in [0.29, 0.717) is 22.3 Å². The predicted molar refractivity (Wildman–Crippen MR) is 121 cm³/mol. The lowest BCUT2D eigenvalue weighted by molar-refractivity contribution is -0.116. The van der Waals surface area contributed by atoms with Gasteiger partial charge in [-0.3, -0.25) is 14.2 Å². The van der Waals surface area contributed by atoms with Crippen LogP contribution < -0.4 is 10.9 Å². The summed E-state index contributed by atoms with van der Waals surface area (Å²) in [6.45, 7) is -0.142. The number of aromatic nitrogens is 2. The van der Waals surface area contributed by atoms with Gasteiger partial charge in [0.15, 0.2) is 0 Å². The number of hydrogen-bond acceptors (Lipinski definition) is 5. The van der Waals surface area contributed by atoms with Crippen LogP contribution in [0.1, 0.15) is 5.56 Å². The quantitative estimate of drug-likeness (QED) is 0.454. The van der Waals surface area contributed by atoms with E-state index in [1.807, 2.05) is 29.6 Å². The van der Waals surface area contributed by atoms with E-state index in [0.717, 1.165) is 21.2 Å². The van der Waals surface area contributed by atoms with E-state index in [1.165, 1.54) is 22.2 Å². The number of nitrogens with one attached hydrogen (secondary N) is 1. The number of carbonyl (C=O) groups is 1. The molecule has 148 valence electrons. The summed E-state index contributed by atoms with van der Waals surface area (Å²) in [5, 5.41) is 13.9. The summed E-state index contributed by atoms with van der Waals surface area (Å²) in [6.07, 6.45) is 1.72. The highest BCUT2D eigenvalue weighted by Gasteiger charge is 2.15. The summed E-state index contributed by atoms with van der Waals surface area (Å²) in [5.41, 5.74) is 2.96. The Kier molecular flexibility index (Phi) is 5.74. The number of halogens is 1. The van der Waals surface area contributed by atoms with Crippen LogP contribution in [0.4, 0.5) is 5.69 Å². The van der Waals surface area contributed by atoms with Crippen LogP contribution >= 0.6 is 27.3 Å². The Morgan fingerprint density at radius 3 is 2.60 bits per heavy atom. The molecule has 4 rings (SSSR count). The Morgan fingerprint density at radius 1 is 1.17 bits per heavy atom. The second-order valence-electron chi connectivity index (χ2n) is 6.59. The third-order valence-electron chi connectivity index (χ3n) is 4.55. The molecule has 0 atom stereocenters. The monoisotopic (exact) mass is 478 g/mol. The van der Waals surface area contributed by atoms with E-state index in [-0.39, 0.29) is 18.0 Å². The van der Waals surface area contributed by atoms with Crippen LogP contribution in [-0.2, 0) is 17.8 Å². The van der Waals surface area contributed by atoms with Gasteiger partial charge in [-0.25, -0.2) is 4.98 Å².